The second-order valence-electron chi connectivity index (χ2n) is 3.27. The van der Waals surface area contributed by atoms with Crippen molar-refractivity contribution in [1.82, 2.24) is 0 Å². The van der Waals surface area contributed by atoms with E-state index in [9.17, 15) is 9.59 Å². The van der Waals surface area contributed by atoms with Crippen molar-refractivity contribution in [2.24, 2.45) is 0 Å². The van der Waals surface area contributed by atoms with E-state index in [1.165, 1.54) is 7.11 Å². The van der Waals surface area contributed by atoms with Crippen LogP contribution in [0.2, 0.25) is 0 Å². The van der Waals surface area contributed by atoms with E-state index in [4.69, 9.17) is 9.47 Å². The second kappa shape index (κ2) is 6.52. The van der Waals surface area contributed by atoms with Crippen molar-refractivity contribution in [2.45, 2.75) is 13.3 Å². The van der Waals surface area contributed by atoms with Crippen LogP contribution in [0.5, 0.6) is 5.75 Å². The van der Waals surface area contributed by atoms with Gasteiger partial charge in [0.05, 0.1) is 20.1 Å². The topological polar surface area (TPSA) is 64.6 Å². The van der Waals surface area contributed by atoms with Crippen molar-refractivity contribution in [2.75, 3.05) is 19.0 Å². The third kappa shape index (κ3) is 3.79. The Balaban J connectivity index is 2.84. The third-order valence-electron chi connectivity index (χ3n) is 2.15. The molecule has 0 fully saturated rings. The van der Waals surface area contributed by atoms with Gasteiger partial charge in [0.2, 0.25) is 6.41 Å². The van der Waals surface area contributed by atoms with Crippen LogP contribution in [0.3, 0.4) is 0 Å². The minimum atomic E-state index is -0.304. The number of hydrogen-bond acceptors (Lipinski definition) is 4. The van der Waals surface area contributed by atoms with Crippen LogP contribution in [-0.4, -0.2) is 26.1 Å². The summed E-state index contributed by atoms with van der Waals surface area (Å²) in [6.45, 7) is 2.11. The Kier molecular flexibility index (Phi) is 5.00. The molecule has 0 spiro atoms. The van der Waals surface area contributed by atoms with Crippen LogP contribution in [0, 0.1) is 0 Å². The highest BCUT2D eigenvalue weighted by molar-refractivity contribution is 5.76. The Morgan fingerprint density at radius 3 is 2.82 bits per heavy atom. The molecule has 1 N–H and O–H groups in total. The molecule has 5 heteroatoms. The molecule has 1 aromatic rings. The number of rotatable bonds is 6. The Bertz CT molecular complexity index is 403. The molecule has 0 bridgehead atoms. The van der Waals surface area contributed by atoms with Gasteiger partial charge in [0.15, 0.2) is 0 Å². The molecule has 1 rings (SSSR count). The van der Waals surface area contributed by atoms with Crippen molar-refractivity contribution >= 4 is 18.1 Å². The van der Waals surface area contributed by atoms with Crippen molar-refractivity contribution in [3.05, 3.63) is 23.8 Å². The zero-order valence-electron chi connectivity index (χ0n) is 9.86. The number of ether oxygens (including phenoxy) is 2. The maximum absolute atomic E-state index is 11.3. The quantitative estimate of drug-likeness (QED) is 0.599. The van der Waals surface area contributed by atoms with Crippen molar-refractivity contribution in [3.8, 4) is 5.75 Å². The molecule has 0 saturated heterocycles. The van der Waals surface area contributed by atoms with E-state index >= 15 is 0 Å². The van der Waals surface area contributed by atoms with Gasteiger partial charge in [0.1, 0.15) is 5.75 Å². The molecular weight excluding hydrogens is 222 g/mol. The van der Waals surface area contributed by atoms with Crippen LogP contribution >= 0.6 is 0 Å². The standard InChI is InChI=1S/C12H15NO4/c1-3-17-12(15)6-9-4-5-10(13-8-14)7-11(9)16-2/h4-5,7-8H,3,6H2,1-2H3,(H,13,14). The fourth-order valence-electron chi connectivity index (χ4n) is 1.42. The molecule has 0 aliphatic heterocycles. The van der Waals surface area contributed by atoms with Crippen LogP contribution in [0.15, 0.2) is 18.2 Å². The van der Waals surface area contributed by atoms with E-state index < -0.39 is 0 Å². The molecule has 17 heavy (non-hydrogen) atoms. The van der Waals surface area contributed by atoms with E-state index in [1.54, 1.807) is 25.1 Å². The number of methoxy groups -OCH3 is 1. The van der Waals surface area contributed by atoms with Gasteiger partial charge in [-0.05, 0) is 13.0 Å². The molecule has 1 amide bonds. The summed E-state index contributed by atoms with van der Waals surface area (Å²) in [6, 6.07) is 5.08. The SMILES string of the molecule is CCOC(=O)Cc1ccc(NC=O)cc1OC. The van der Waals surface area contributed by atoms with Gasteiger partial charge in [0.25, 0.3) is 0 Å². The lowest BCUT2D eigenvalue weighted by Gasteiger charge is -2.09. The van der Waals surface area contributed by atoms with E-state index in [0.717, 1.165) is 5.56 Å². The fraction of sp³-hybridized carbons (Fsp3) is 0.333. The summed E-state index contributed by atoms with van der Waals surface area (Å²) in [4.78, 5) is 21.6. The Morgan fingerprint density at radius 1 is 1.47 bits per heavy atom. The van der Waals surface area contributed by atoms with Crippen molar-refractivity contribution < 1.29 is 19.1 Å². The summed E-state index contributed by atoms with van der Waals surface area (Å²) in [7, 11) is 1.51. The number of carbonyl (C=O) groups is 2. The predicted octanol–water partition coefficient (Wildman–Crippen LogP) is 1.37. The highest BCUT2D eigenvalue weighted by atomic mass is 16.5. The van der Waals surface area contributed by atoms with Gasteiger partial charge in [-0.2, -0.15) is 0 Å². The van der Waals surface area contributed by atoms with E-state index in [0.29, 0.717) is 24.5 Å². The normalized spacial score (nSPS) is 9.53. The lowest BCUT2D eigenvalue weighted by molar-refractivity contribution is -0.142. The number of benzene rings is 1. The molecule has 92 valence electrons. The molecule has 0 heterocycles. The smallest absolute Gasteiger partial charge is 0.310 e. The number of amides is 1. The fourth-order valence-corrected chi connectivity index (χ4v) is 1.42. The molecule has 1 aromatic carbocycles. The largest absolute Gasteiger partial charge is 0.496 e. The molecule has 5 nitrogen and oxygen atoms in total. The molecular formula is C12H15NO4. The first-order chi connectivity index (χ1) is 8.21. The van der Waals surface area contributed by atoms with Crippen LogP contribution < -0.4 is 10.1 Å². The average molecular weight is 237 g/mol. The zero-order chi connectivity index (χ0) is 12.7. The van der Waals surface area contributed by atoms with Crippen LogP contribution in [-0.2, 0) is 20.7 Å². The summed E-state index contributed by atoms with van der Waals surface area (Å²) in [5.41, 5.74) is 1.34. The Morgan fingerprint density at radius 2 is 2.24 bits per heavy atom. The summed E-state index contributed by atoms with van der Waals surface area (Å²) in [5, 5.41) is 2.51. The first-order valence-corrected chi connectivity index (χ1v) is 5.24. The lowest BCUT2D eigenvalue weighted by Crippen LogP contribution is -2.08. The molecule has 0 unspecified atom stereocenters. The van der Waals surface area contributed by atoms with Gasteiger partial charge in [-0.3, -0.25) is 9.59 Å². The number of carbonyl (C=O) groups excluding carboxylic acids is 2. The van der Waals surface area contributed by atoms with Gasteiger partial charge >= 0.3 is 5.97 Å². The maximum Gasteiger partial charge on any atom is 0.310 e. The molecule has 0 aliphatic carbocycles. The lowest BCUT2D eigenvalue weighted by atomic mass is 10.1. The van der Waals surface area contributed by atoms with Crippen molar-refractivity contribution in [1.29, 1.82) is 0 Å². The summed E-state index contributed by atoms with van der Waals surface area (Å²) >= 11 is 0. The zero-order valence-corrected chi connectivity index (χ0v) is 9.86. The minimum absolute atomic E-state index is 0.151. The molecule has 0 saturated carbocycles. The highest BCUT2D eigenvalue weighted by Gasteiger charge is 2.10. The Hall–Kier alpha value is -2.04. The first-order valence-electron chi connectivity index (χ1n) is 5.24. The van der Waals surface area contributed by atoms with Gasteiger partial charge in [0, 0.05) is 17.3 Å². The van der Waals surface area contributed by atoms with E-state index in [-0.39, 0.29) is 12.4 Å². The average Bonchev–Trinajstić information content (AvgIpc) is 2.31. The summed E-state index contributed by atoms with van der Waals surface area (Å²) in [6.07, 6.45) is 0.734. The number of esters is 1. The number of nitrogens with one attached hydrogen (secondary N) is 1. The molecule has 0 atom stereocenters. The van der Waals surface area contributed by atoms with Gasteiger partial charge < -0.3 is 14.8 Å². The first kappa shape index (κ1) is 13.0. The molecule has 0 aliphatic rings. The summed E-state index contributed by atoms with van der Waals surface area (Å²) in [5.74, 6) is 0.242. The molecule has 0 aromatic heterocycles. The van der Waals surface area contributed by atoms with E-state index in [1.807, 2.05) is 0 Å². The van der Waals surface area contributed by atoms with Gasteiger partial charge in [-0.15, -0.1) is 0 Å². The second-order valence-corrected chi connectivity index (χ2v) is 3.27. The number of anilines is 1. The number of hydrogen-bond donors (Lipinski definition) is 1. The van der Waals surface area contributed by atoms with Crippen molar-refractivity contribution in [3.63, 3.8) is 0 Å². The maximum atomic E-state index is 11.3. The van der Waals surface area contributed by atoms with Crippen LogP contribution in [0.1, 0.15) is 12.5 Å². The predicted molar refractivity (Wildman–Crippen MR) is 63.0 cm³/mol. The van der Waals surface area contributed by atoms with Crippen LogP contribution in [0.25, 0.3) is 0 Å². The monoisotopic (exact) mass is 237 g/mol. The molecule has 0 radical (unpaired) electrons. The minimum Gasteiger partial charge on any atom is -0.496 e. The van der Waals surface area contributed by atoms with Gasteiger partial charge in [-0.1, -0.05) is 6.07 Å². The highest BCUT2D eigenvalue weighted by Crippen LogP contribution is 2.23. The third-order valence-corrected chi connectivity index (χ3v) is 2.15. The van der Waals surface area contributed by atoms with E-state index in [2.05, 4.69) is 5.32 Å². The summed E-state index contributed by atoms with van der Waals surface area (Å²) < 4.78 is 10.0. The van der Waals surface area contributed by atoms with Crippen LogP contribution in [0.4, 0.5) is 5.69 Å². The van der Waals surface area contributed by atoms with Gasteiger partial charge in [-0.25, -0.2) is 0 Å². The Labute approximate surface area is 99.7 Å².